The lowest BCUT2D eigenvalue weighted by atomic mass is 10.0. The summed E-state index contributed by atoms with van der Waals surface area (Å²) in [6.07, 6.45) is 3.34. The van der Waals surface area contributed by atoms with Gasteiger partial charge in [-0.1, -0.05) is 15.9 Å². The van der Waals surface area contributed by atoms with E-state index in [9.17, 15) is 0 Å². The van der Waals surface area contributed by atoms with Gasteiger partial charge in [-0.3, -0.25) is 5.84 Å². The van der Waals surface area contributed by atoms with E-state index in [2.05, 4.69) is 33.5 Å². The first-order chi connectivity index (χ1) is 9.28. The Bertz CT molecular complexity index is 569. The lowest BCUT2D eigenvalue weighted by Crippen LogP contribution is -2.29. The normalized spacial score (nSPS) is 15.1. The molecule has 1 aromatic carbocycles. The van der Waals surface area contributed by atoms with Crippen molar-refractivity contribution in [2.24, 2.45) is 5.84 Å². The number of nitrogens with one attached hydrogen (secondary N) is 1. The first-order valence-electron chi connectivity index (χ1n) is 6.21. The zero-order chi connectivity index (χ0) is 13.2. The molecule has 4 nitrogen and oxygen atoms in total. The summed E-state index contributed by atoms with van der Waals surface area (Å²) in [5.41, 5.74) is 5.19. The Kier molecular flexibility index (Phi) is 3.59. The monoisotopic (exact) mass is 322 g/mol. The van der Waals surface area contributed by atoms with E-state index in [-0.39, 0.29) is 6.04 Å². The summed E-state index contributed by atoms with van der Waals surface area (Å²) >= 11 is 3.55. The Morgan fingerprint density at radius 2 is 2.32 bits per heavy atom. The van der Waals surface area contributed by atoms with Crippen LogP contribution in [-0.2, 0) is 12.8 Å². The number of hydrogen-bond acceptors (Lipinski definition) is 4. The number of ether oxygens (including phenoxy) is 1. The highest BCUT2D eigenvalue weighted by molar-refractivity contribution is 9.10. The topological polar surface area (TPSA) is 60.4 Å². The minimum Gasteiger partial charge on any atom is -0.493 e. The number of halogens is 1. The molecule has 0 saturated carbocycles. The molecule has 1 unspecified atom stereocenters. The molecule has 0 radical (unpaired) electrons. The summed E-state index contributed by atoms with van der Waals surface area (Å²) in [6.45, 7) is 0.750. The fourth-order valence-corrected chi connectivity index (χ4v) is 3.00. The highest BCUT2D eigenvalue weighted by atomic mass is 79.9. The molecule has 2 aromatic rings. The van der Waals surface area contributed by atoms with Gasteiger partial charge in [-0.2, -0.15) is 0 Å². The van der Waals surface area contributed by atoms with E-state index in [1.54, 1.807) is 6.26 Å². The van der Waals surface area contributed by atoms with Crippen molar-refractivity contribution in [3.63, 3.8) is 0 Å². The SMILES string of the molecule is NNC(Cc1cc(Br)cc2c1OCC2)c1ccco1. The minimum absolute atomic E-state index is 0.0578. The van der Waals surface area contributed by atoms with Gasteiger partial charge in [-0.15, -0.1) is 0 Å². The van der Waals surface area contributed by atoms with Gasteiger partial charge >= 0.3 is 0 Å². The summed E-state index contributed by atoms with van der Waals surface area (Å²) in [4.78, 5) is 0. The van der Waals surface area contributed by atoms with Crippen molar-refractivity contribution in [1.82, 2.24) is 5.43 Å². The standard InChI is InChI=1S/C14H15BrN2O2/c15-11-6-9-3-5-19-14(9)10(7-11)8-12(17-16)13-2-1-4-18-13/h1-2,4,6-7,12,17H,3,5,8,16H2. The second kappa shape index (κ2) is 5.36. The third-order valence-electron chi connectivity index (χ3n) is 3.34. The third kappa shape index (κ3) is 2.54. The van der Waals surface area contributed by atoms with Gasteiger partial charge in [0.2, 0.25) is 0 Å². The molecule has 1 aliphatic rings. The minimum atomic E-state index is -0.0578. The van der Waals surface area contributed by atoms with E-state index in [0.29, 0.717) is 0 Å². The van der Waals surface area contributed by atoms with E-state index in [1.807, 2.05) is 12.1 Å². The molecule has 0 spiro atoms. The quantitative estimate of drug-likeness (QED) is 0.671. The van der Waals surface area contributed by atoms with Gasteiger partial charge in [0.25, 0.3) is 0 Å². The summed E-state index contributed by atoms with van der Waals surface area (Å²) in [7, 11) is 0. The van der Waals surface area contributed by atoms with Crippen LogP contribution in [-0.4, -0.2) is 6.61 Å². The molecule has 2 heterocycles. The van der Waals surface area contributed by atoms with E-state index < -0.39 is 0 Å². The predicted molar refractivity (Wildman–Crippen MR) is 75.8 cm³/mol. The lowest BCUT2D eigenvalue weighted by Gasteiger charge is -2.16. The molecule has 0 bridgehead atoms. The van der Waals surface area contributed by atoms with Gasteiger partial charge in [0.1, 0.15) is 11.5 Å². The lowest BCUT2D eigenvalue weighted by molar-refractivity contribution is 0.349. The highest BCUT2D eigenvalue weighted by Gasteiger charge is 2.21. The first-order valence-corrected chi connectivity index (χ1v) is 7.01. The number of fused-ring (bicyclic) bond motifs is 1. The van der Waals surface area contributed by atoms with Crippen LogP contribution in [0.15, 0.2) is 39.4 Å². The average molecular weight is 323 g/mol. The van der Waals surface area contributed by atoms with Crippen LogP contribution in [0, 0.1) is 0 Å². The Hall–Kier alpha value is -1.30. The molecule has 1 aromatic heterocycles. The largest absolute Gasteiger partial charge is 0.493 e. The molecule has 3 rings (SSSR count). The zero-order valence-electron chi connectivity index (χ0n) is 10.4. The molecule has 3 N–H and O–H groups in total. The van der Waals surface area contributed by atoms with E-state index in [4.69, 9.17) is 15.0 Å². The van der Waals surface area contributed by atoms with Crippen LogP contribution in [0.2, 0.25) is 0 Å². The molecule has 100 valence electrons. The van der Waals surface area contributed by atoms with Crippen molar-refractivity contribution >= 4 is 15.9 Å². The van der Waals surface area contributed by atoms with Gasteiger partial charge in [-0.25, -0.2) is 5.43 Å². The number of nitrogens with two attached hydrogens (primary N) is 1. The maximum absolute atomic E-state index is 5.73. The van der Waals surface area contributed by atoms with Crippen molar-refractivity contribution in [3.05, 3.63) is 51.9 Å². The summed E-state index contributed by atoms with van der Waals surface area (Å²) in [6, 6.07) is 7.92. The van der Waals surface area contributed by atoms with Gasteiger partial charge in [-0.05, 0) is 41.8 Å². The second-order valence-corrected chi connectivity index (χ2v) is 5.51. The average Bonchev–Trinajstić information content (AvgIpc) is 3.05. The Morgan fingerprint density at radius 3 is 3.05 bits per heavy atom. The smallest absolute Gasteiger partial charge is 0.125 e. The maximum Gasteiger partial charge on any atom is 0.125 e. The van der Waals surface area contributed by atoms with Gasteiger partial charge in [0.15, 0.2) is 0 Å². The van der Waals surface area contributed by atoms with Crippen LogP contribution < -0.4 is 16.0 Å². The van der Waals surface area contributed by atoms with Crippen LogP contribution in [0.25, 0.3) is 0 Å². The molecule has 1 atom stereocenters. The molecule has 0 saturated heterocycles. The maximum atomic E-state index is 5.73. The van der Waals surface area contributed by atoms with Crippen LogP contribution >= 0.6 is 15.9 Å². The number of hydrogen-bond donors (Lipinski definition) is 2. The third-order valence-corrected chi connectivity index (χ3v) is 3.80. The fourth-order valence-electron chi connectivity index (χ4n) is 2.45. The first kappa shape index (κ1) is 12.7. The summed E-state index contributed by atoms with van der Waals surface area (Å²) in [5, 5.41) is 0. The number of furan rings is 1. The van der Waals surface area contributed by atoms with Crippen molar-refractivity contribution in [2.45, 2.75) is 18.9 Å². The molecule has 0 aliphatic carbocycles. The molecular formula is C14H15BrN2O2. The van der Waals surface area contributed by atoms with Crippen molar-refractivity contribution in [1.29, 1.82) is 0 Å². The number of rotatable bonds is 4. The van der Waals surface area contributed by atoms with Gasteiger partial charge < -0.3 is 9.15 Å². The summed E-state index contributed by atoms with van der Waals surface area (Å²) < 4.78 is 12.2. The molecule has 0 amide bonds. The number of benzene rings is 1. The highest BCUT2D eigenvalue weighted by Crippen LogP contribution is 2.35. The van der Waals surface area contributed by atoms with Crippen molar-refractivity contribution < 1.29 is 9.15 Å². The van der Waals surface area contributed by atoms with Crippen LogP contribution in [0.1, 0.15) is 22.9 Å². The van der Waals surface area contributed by atoms with E-state index in [0.717, 1.165) is 41.0 Å². The van der Waals surface area contributed by atoms with Crippen molar-refractivity contribution in [2.75, 3.05) is 6.61 Å². The molecule has 0 fully saturated rings. The molecular weight excluding hydrogens is 308 g/mol. The zero-order valence-corrected chi connectivity index (χ0v) is 11.9. The van der Waals surface area contributed by atoms with E-state index >= 15 is 0 Å². The van der Waals surface area contributed by atoms with Crippen LogP contribution in [0.5, 0.6) is 5.75 Å². The van der Waals surface area contributed by atoms with E-state index in [1.165, 1.54) is 5.56 Å². The summed E-state index contributed by atoms with van der Waals surface area (Å²) in [5.74, 6) is 7.46. The van der Waals surface area contributed by atoms with Gasteiger partial charge in [0, 0.05) is 10.9 Å². The molecule has 19 heavy (non-hydrogen) atoms. The van der Waals surface area contributed by atoms with Crippen LogP contribution in [0.3, 0.4) is 0 Å². The van der Waals surface area contributed by atoms with Crippen molar-refractivity contribution in [3.8, 4) is 5.75 Å². The predicted octanol–water partition coefficient (Wildman–Crippen LogP) is 2.72. The second-order valence-electron chi connectivity index (χ2n) is 4.59. The number of hydrazine groups is 1. The van der Waals surface area contributed by atoms with Crippen LogP contribution in [0.4, 0.5) is 0 Å². The Balaban J connectivity index is 1.90. The Labute approximate surface area is 120 Å². The molecule has 1 aliphatic heterocycles. The molecule has 5 heteroatoms. The van der Waals surface area contributed by atoms with Gasteiger partial charge in [0.05, 0.1) is 18.9 Å². The fraction of sp³-hybridized carbons (Fsp3) is 0.286. The Morgan fingerprint density at radius 1 is 1.42 bits per heavy atom.